The lowest BCUT2D eigenvalue weighted by Crippen LogP contribution is -2.33. The van der Waals surface area contributed by atoms with E-state index >= 15 is 0 Å². The highest BCUT2D eigenvalue weighted by molar-refractivity contribution is 7.99. The summed E-state index contributed by atoms with van der Waals surface area (Å²) in [7, 11) is -3.45. The monoisotopic (exact) mass is 379 g/mol. The van der Waals surface area contributed by atoms with Crippen LogP contribution in [0, 0.1) is 0 Å². The van der Waals surface area contributed by atoms with Crippen LogP contribution in [0.25, 0.3) is 0 Å². The molecule has 6 heteroatoms. The molecular formula is C19H25NO3S2. The molecule has 0 N–H and O–H groups in total. The molecule has 1 unspecified atom stereocenters. The van der Waals surface area contributed by atoms with Gasteiger partial charge in [-0.3, -0.25) is 0 Å². The third-order valence-electron chi connectivity index (χ3n) is 4.52. The van der Waals surface area contributed by atoms with Crippen LogP contribution in [0.15, 0.2) is 52.0 Å². The van der Waals surface area contributed by atoms with Gasteiger partial charge in [-0.15, -0.1) is 11.8 Å². The van der Waals surface area contributed by atoms with Crippen LogP contribution >= 0.6 is 11.8 Å². The fourth-order valence-corrected chi connectivity index (χ4v) is 5.72. The lowest BCUT2D eigenvalue weighted by atomic mass is 9.87. The van der Waals surface area contributed by atoms with Gasteiger partial charge in [0.05, 0.1) is 16.4 Å². The lowest BCUT2D eigenvalue weighted by Gasteiger charge is -2.22. The van der Waals surface area contributed by atoms with E-state index in [0.29, 0.717) is 18.0 Å². The Bertz CT molecular complexity index is 790. The number of rotatable bonds is 3. The first-order chi connectivity index (χ1) is 11.8. The number of hydrogen-bond acceptors (Lipinski definition) is 4. The van der Waals surface area contributed by atoms with Crippen LogP contribution in [-0.2, 0) is 15.4 Å². The van der Waals surface area contributed by atoms with Gasteiger partial charge in [0, 0.05) is 18.8 Å². The Balaban J connectivity index is 1.76. The van der Waals surface area contributed by atoms with Crippen molar-refractivity contribution in [2.45, 2.75) is 42.8 Å². The van der Waals surface area contributed by atoms with Crippen molar-refractivity contribution in [1.82, 2.24) is 4.31 Å². The zero-order valence-electron chi connectivity index (χ0n) is 14.9. The molecule has 1 atom stereocenters. The van der Waals surface area contributed by atoms with E-state index in [0.717, 1.165) is 23.5 Å². The van der Waals surface area contributed by atoms with Crippen molar-refractivity contribution < 1.29 is 12.8 Å². The van der Waals surface area contributed by atoms with Gasteiger partial charge in [0.1, 0.15) is 5.76 Å². The Morgan fingerprint density at radius 3 is 2.44 bits per heavy atom. The molecule has 0 saturated carbocycles. The highest BCUT2D eigenvalue weighted by Gasteiger charge is 2.29. The van der Waals surface area contributed by atoms with Crippen LogP contribution < -0.4 is 0 Å². The van der Waals surface area contributed by atoms with Gasteiger partial charge in [0.2, 0.25) is 10.0 Å². The van der Waals surface area contributed by atoms with Gasteiger partial charge in [-0.1, -0.05) is 32.9 Å². The number of hydrogen-bond donors (Lipinski definition) is 0. The Hall–Kier alpha value is -1.24. The summed E-state index contributed by atoms with van der Waals surface area (Å²) in [5.74, 6) is 1.70. The number of furan rings is 1. The molecule has 3 rings (SSSR count). The Morgan fingerprint density at radius 1 is 1.12 bits per heavy atom. The van der Waals surface area contributed by atoms with Crippen LogP contribution in [0.3, 0.4) is 0 Å². The molecule has 2 heterocycles. The molecule has 136 valence electrons. The summed E-state index contributed by atoms with van der Waals surface area (Å²) >= 11 is 1.76. The third kappa shape index (κ3) is 4.13. The summed E-state index contributed by atoms with van der Waals surface area (Å²) in [5, 5.41) is 0.221. The molecule has 4 nitrogen and oxygen atoms in total. The van der Waals surface area contributed by atoms with E-state index < -0.39 is 10.0 Å². The maximum absolute atomic E-state index is 13.0. The number of nitrogens with zero attached hydrogens (tertiary/aromatic N) is 1. The molecular weight excluding hydrogens is 354 g/mol. The van der Waals surface area contributed by atoms with Gasteiger partial charge in [0.25, 0.3) is 0 Å². The molecule has 1 aromatic carbocycles. The number of thioether (sulfide) groups is 1. The zero-order valence-corrected chi connectivity index (χ0v) is 16.6. The van der Waals surface area contributed by atoms with Gasteiger partial charge in [-0.05, 0) is 41.7 Å². The first kappa shape index (κ1) is 18.5. The van der Waals surface area contributed by atoms with E-state index in [1.807, 2.05) is 24.3 Å². The molecule has 1 fully saturated rings. The van der Waals surface area contributed by atoms with Gasteiger partial charge in [0.15, 0.2) is 0 Å². The smallest absolute Gasteiger partial charge is 0.243 e. The van der Waals surface area contributed by atoms with E-state index in [9.17, 15) is 8.42 Å². The second-order valence-corrected chi connectivity index (χ2v) is 10.6. The van der Waals surface area contributed by atoms with Gasteiger partial charge in [-0.25, -0.2) is 8.42 Å². The quantitative estimate of drug-likeness (QED) is 0.791. The molecule has 25 heavy (non-hydrogen) atoms. The van der Waals surface area contributed by atoms with E-state index in [-0.39, 0.29) is 10.7 Å². The largest absolute Gasteiger partial charge is 0.468 e. The molecule has 0 amide bonds. The predicted molar refractivity (Wildman–Crippen MR) is 102 cm³/mol. The van der Waals surface area contributed by atoms with Crippen LogP contribution in [0.5, 0.6) is 0 Å². The first-order valence-electron chi connectivity index (χ1n) is 8.54. The lowest BCUT2D eigenvalue weighted by molar-refractivity contribution is 0.417. The van der Waals surface area contributed by atoms with E-state index in [4.69, 9.17) is 4.42 Å². The van der Waals surface area contributed by atoms with Crippen LogP contribution in [0.2, 0.25) is 0 Å². The van der Waals surface area contributed by atoms with Crippen LogP contribution in [0.1, 0.15) is 43.8 Å². The van der Waals surface area contributed by atoms with Gasteiger partial charge < -0.3 is 4.42 Å². The van der Waals surface area contributed by atoms with Crippen molar-refractivity contribution in [3.05, 3.63) is 54.0 Å². The minimum absolute atomic E-state index is 0.0117. The Labute approximate surface area is 154 Å². The molecule has 0 aliphatic carbocycles. The molecule has 1 saturated heterocycles. The van der Waals surface area contributed by atoms with Crippen molar-refractivity contribution >= 4 is 21.8 Å². The fraction of sp³-hybridized carbons (Fsp3) is 0.474. The molecule has 2 aromatic rings. The van der Waals surface area contributed by atoms with Gasteiger partial charge in [-0.2, -0.15) is 4.31 Å². The highest BCUT2D eigenvalue weighted by Crippen LogP contribution is 2.35. The number of benzene rings is 1. The molecule has 1 aliphatic rings. The van der Waals surface area contributed by atoms with Crippen LogP contribution in [-0.4, -0.2) is 31.6 Å². The zero-order chi connectivity index (χ0) is 18.1. The van der Waals surface area contributed by atoms with Crippen molar-refractivity contribution in [2.75, 3.05) is 18.8 Å². The average Bonchev–Trinajstić information content (AvgIpc) is 2.98. The van der Waals surface area contributed by atoms with E-state index in [1.165, 1.54) is 0 Å². The SMILES string of the molecule is CC(C)(C)c1ccc(S(=O)(=O)N2CCSC(c3ccco3)CC2)cc1. The molecule has 1 aromatic heterocycles. The Morgan fingerprint density at radius 2 is 1.84 bits per heavy atom. The highest BCUT2D eigenvalue weighted by atomic mass is 32.2. The number of sulfonamides is 1. The second-order valence-electron chi connectivity index (χ2n) is 7.34. The first-order valence-corrected chi connectivity index (χ1v) is 11.0. The summed E-state index contributed by atoms with van der Waals surface area (Å²) in [5.41, 5.74) is 1.15. The Kier molecular flexibility index (Phi) is 5.32. The van der Waals surface area contributed by atoms with E-state index in [2.05, 4.69) is 20.8 Å². The summed E-state index contributed by atoms with van der Waals surface area (Å²) in [6.45, 7) is 7.42. The fourth-order valence-electron chi connectivity index (χ4n) is 2.97. The minimum Gasteiger partial charge on any atom is -0.468 e. The van der Waals surface area contributed by atoms with Gasteiger partial charge >= 0.3 is 0 Å². The van der Waals surface area contributed by atoms with Crippen molar-refractivity contribution in [3.8, 4) is 0 Å². The third-order valence-corrected chi connectivity index (χ3v) is 7.72. The molecule has 0 radical (unpaired) electrons. The van der Waals surface area contributed by atoms with E-state index in [1.54, 1.807) is 34.5 Å². The summed E-state index contributed by atoms with van der Waals surface area (Å²) in [4.78, 5) is 0.377. The summed E-state index contributed by atoms with van der Waals surface area (Å²) in [6.07, 6.45) is 2.43. The summed E-state index contributed by atoms with van der Waals surface area (Å²) < 4.78 is 33.1. The second kappa shape index (κ2) is 7.17. The minimum atomic E-state index is -3.45. The van der Waals surface area contributed by atoms with Crippen molar-refractivity contribution in [2.24, 2.45) is 0 Å². The topological polar surface area (TPSA) is 50.5 Å². The van der Waals surface area contributed by atoms with Crippen LogP contribution in [0.4, 0.5) is 0 Å². The normalized spacial score (nSPS) is 20.4. The maximum Gasteiger partial charge on any atom is 0.243 e. The summed E-state index contributed by atoms with van der Waals surface area (Å²) in [6, 6.07) is 11.2. The standard InChI is InChI=1S/C19H25NO3S2/c1-19(2,3)15-6-8-16(9-7-15)25(21,22)20-11-10-18(24-14-12-20)17-5-4-13-23-17/h4-9,13,18H,10-12,14H2,1-3H3. The van der Waals surface area contributed by atoms with Crippen molar-refractivity contribution in [3.63, 3.8) is 0 Å². The predicted octanol–water partition coefficient (Wildman–Crippen LogP) is 4.45. The molecule has 0 bridgehead atoms. The van der Waals surface area contributed by atoms with Crippen molar-refractivity contribution in [1.29, 1.82) is 0 Å². The molecule has 0 spiro atoms. The average molecular weight is 380 g/mol. The molecule has 1 aliphatic heterocycles. The maximum atomic E-state index is 13.0.